The summed E-state index contributed by atoms with van der Waals surface area (Å²) >= 11 is 7.35. The number of carbonyl (C=O) groups is 2. The molecule has 0 aliphatic carbocycles. The number of halogens is 1. The largest absolute Gasteiger partial charge is 0.507 e. The third kappa shape index (κ3) is 4.40. The summed E-state index contributed by atoms with van der Waals surface area (Å²) in [5.74, 6) is -1.82. The summed E-state index contributed by atoms with van der Waals surface area (Å²) in [5.41, 5.74) is 1.93. The molecule has 7 nitrogen and oxygen atoms in total. The number of rotatable bonds is 6. The average Bonchev–Trinajstić information content (AvgIpc) is 3.33. The number of nitrogens with zero attached hydrogens (tertiary/aromatic N) is 2. The Morgan fingerprint density at radius 1 is 1.12 bits per heavy atom. The van der Waals surface area contributed by atoms with Gasteiger partial charge in [0, 0.05) is 34.1 Å². The molecule has 1 aromatic heterocycles. The zero-order valence-corrected chi connectivity index (χ0v) is 19.1. The maximum atomic E-state index is 13.0. The standard InChI is InChI=1S/C24H19ClN2O5S/c1-14-11-13-33-23(14)20-19(21(28)16-4-8-18(9-5-16)27(31)32)22(29)24(30)26(20)12-10-15-2-6-17(25)7-3-15/h2-9,11,13,20,28H,10,12H2,1H3/b21-19-. The molecule has 1 atom stereocenters. The molecule has 1 saturated heterocycles. The first-order valence-corrected chi connectivity index (χ1v) is 11.4. The number of benzene rings is 2. The Bertz CT molecular complexity index is 1260. The van der Waals surface area contributed by atoms with Gasteiger partial charge < -0.3 is 10.0 Å². The molecule has 9 heteroatoms. The maximum Gasteiger partial charge on any atom is 0.295 e. The predicted molar refractivity (Wildman–Crippen MR) is 126 cm³/mol. The molecule has 0 bridgehead atoms. The van der Waals surface area contributed by atoms with E-state index in [0.29, 0.717) is 11.4 Å². The average molecular weight is 483 g/mol. The van der Waals surface area contributed by atoms with E-state index in [4.69, 9.17) is 11.6 Å². The van der Waals surface area contributed by atoms with Crippen LogP contribution in [-0.4, -0.2) is 33.2 Å². The summed E-state index contributed by atoms with van der Waals surface area (Å²) in [7, 11) is 0. The van der Waals surface area contributed by atoms with Gasteiger partial charge in [0.2, 0.25) is 0 Å². The third-order valence-corrected chi connectivity index (χ3v) is 6.92. The number of likely N-dealkylation sites (tertiary alicyclic amines) is 1. The second kappa shape index (κ2) is 9.17. The SMILES string of the molecule is Cc1ccsc1C1/C(=C(/O)c2ccc([N+](=O)[O-])cc2)C(=O)C(=O)N1CCc1ccc(Cl)cc1. The van der Waals surface area contributed by atoms with Crippen molar-refractivity contribution in [3.63, 3.8) is 0 Å². The molecule has 1 N–H and O–H groups in total. The smallest absolute Gasteiger partial charge is 0.295 e. The van der Waals surface area contributed by atoms with Crippen LogP contribution in [-0.2, 0) is 16.0 Å². The van der Waals surface area contributed by atoms with Crippen molar-refractivity contribution in [3.8, 4) is 0 Å². The number of aliphatic hydroxyl groups excluding tert-OH is 1. The van der Waals surface area contributed by atoms with E-state index in [2.05, 4.69) is 0 Å². The third-order valence-electron chi connectivity index (χ3n) is 5.60. The summed E-state index contributed by atoms with van der Waals surface area (Å²) in [6.07, 6.45) is 0.503. The molecule has 1 aliphatic rings. The Hall–Kier alpha value is -3.49. The highest BCUT2D eigenvalue weighted by Crippen LogP contribution is 2.42. The minimum atomic E-state index is -0.778. The van der Waals surface area contributed by atoms with Crippen molar-refractivity contribution in [2.45, 2.75) is 19.4 Å². The molecule has 1 amide bonds. The van der Waals surface area contributed by atoms with Crippen LogP contribution in [0.2, 0.25) is 5.02 Å². The second-order valence-corrected chi connectivity index (χ2v) is 9.02. The van der Waals surface area contributed by atoms with Crippen LogP contribution >= 0.6 is 22.9 Å². The van der Waals surface area contributed by atoms with Crippen molar-refractivity contribution in [1.82, 2.24) is 4.90 Å². The number of hydrogen-bond acceptors (Lipinski definition) is 6. The molecule has 2 heterocycles. The molecular weight excluding hydrogens is 464 g/mol. The molecule has 1 unspecified atom stereocenters. The van der Waals surface area contributed by atoms with Crippen molar-refractivity contribution in [2.24, 2.45) is 0 Å². The van der Waals surface area contributed by atoms with Crippen molar-refractivity contribution < 1.29 is 19.6 Å². The highest BCUT2D eigenvalue weighted by Gasteiger charge is 2.46. The molecule has 4 rings (SSSR count). The molecule has 3 aromatic rings. The van der Waals surface area contributed by atoms with Gasteiger partial charge in [0.15, 0.2) is 0 Å². The fourth-order valence-electron chi connectivity index (χ4n) is 3.84. The van der Waals surface area contributed by atoms with E-state index in [1.54, 1.807) is 12.1 Å². The lowest BCUT2D eigenvalue weighted by Gasteiger charge is -2.25. The lowest BCUT2D eigenvalue weighted by molar-refractivity contribution is -0.384. The van der Waals surface area contributed by atoms with Crippen LogP contribution in [0.15, 0.2) is 65.6 Å². The van der Waals surface area contributed by atoms with E-state index < -0.39 is 22.7 Å². The van der Waals surface area contributed by atoms with Gasteiger partial charge in [-0.15, -0.1) is 11.3 Å². The Morgan fingerprint density at radius 2 is 1.79 bits per heavy atom. The number of Topliss-reactive ketones (excluding diaryl/α,β-unsaturated/α-hetero) is 1. The molecule has 1 aliphatic heterocycles. The summed E-state index contributed by atoms with van der Waals surface area (Å²) in [5, 5.41) is 24.5. The molecule has 33 heavy (non-hydrogen) atoms. The number of nitro groups is 1. The highest BCUT2D eigenvalue weighted by atomic mass is 35.5. The Balaban J connectivity index is 1.75. The number of aliphatic hydroxyl groups is 1. The quantitative estimate of drug-likeness (QED) is 0.169. The lowest BCUT2D eigenvalue weighted by atomic mass is 9.98. The van der Waals surface area contributed by atoms with E-state index in [0.717, 1.165) is 16.0 Å². The fourth-order valence-corrected chi connectivity index (χ4v) is 5.02. The molecule has 0 spiro atoms. The van der Waals surface area contributed by atoms with Gasteiger partial charge in [0.1, 0.15) is 5.76 Å². The zero-order valence-electron chi connectivity index (χ0n) is 17.5. The minimum Gasteiger partial charge on any atom is -0.507 e. The first-order chi connectivity index (χ1) is 15.8. The number of hydrogen-bond donors (Lipinski definition) is 1. The van der Waals surface area contributed by atoms with E-state index in [1.807, 2.05) is 30.5 Å². The van der Waals surface area contributed by atoms with Crippen LogP contribution in [0.4, 0.5) is 5.69 Å². The van der Waals surface area contributed by atoms with Gasteiger partial charge in [0.25, 0.3) is 17.4 Å². The van der Waals surface area contributed by atoms with Crippen molar-refractivity contribution >= 4 is 46.1 Å². The number of nitro benzene ring substituents is 1. The Labute approximate surface area is 198 Å². The van der Waals surface area contributed by atoms with Gasteiger partial charge in [-0.25, -0.2) is 0 Å². The summed E-state index contributed by atoms with van der Waals surface area (Å²) in [4.78, 5) is 38.7. The lowest BCUT2D eigenvalue weighted by Crippen LogP contribution is -2.31. The van der Waals surface area contributed by atoms with Crippen LogP contribution in [0.25, 0.3) is 5.76 Å². The van der Waals surface area contributed by atoms with Crippen LogP contribution in [0.5, 0.6) is 0 Å². The number of ketones is 1. The number of non-ortho nitro benzene ring substituents is 1. The first kappa shape index (κ1) is 22.7. The Morgan fingerprint density at radius 3 is 2.36 bits per heavy atom. The summed E-state index contributed by atoms with van der Waals surface area (Å²) < 4.78 is 0. The van der Waals surface area contributed by atoms with E-state index >= 15 is 0 Å². The number of aryl methyl sites for hydroxylation is 1. The fraction of sp³-hybridized carbons (Fsp3) is 0.167. The predicted octanol–water partition coefficient (Wildman–Crippen LogP) is 5.28. The van der Waals surface area contributed by atoms with Crippen LogP contribution in [0.3, 0.4) is 0 Å². The molecule has 0 saturated carbocycles. The molecule has 2 aromatic carbocycles. The maximum absolute atomic E-state index is 13.0. The second-order valence-electron chi connectivity index (χ2n) is 7.64. The van der Waals surface area contributed by atoms with Crippen LogP contribution in [0, 0.1) is 17.0 Å². The van der Waals surface area contributed by atoms with Gasteiger partial charge >= 0.3 is 0 Å². The Kier molecular flexibility index (Phi) is 6.31. The van der Waals surface area contributed by atoms with Gasteiger partial charge in [0.05, 0.1) is 16.5 Å². The topological polar surface area (TPSA) is 101 Å². The monoisotopic (exact) mass is 482 g/mol. The van der Waals surface area contributed by atoms with Crippen molar-refractivity contribution in [1.29, 1.82) is 0 Å². The summed E-state index contributed by atoms with van der Waals surface area (Å²) in [6.45, 7) is 2.16. The van der Waals surface area contributed by atoms with Crippen LogP contribution in [0.1, 0.15) is 27.6 Å². The molecule has 1 fully saturated rings. The van der Waals surface area contributed by atoms with E-state index in [1.165, 1.54) is 40.5 Å². The number of carbonyl (C=O) groups excluding carboxylic acids is 2. The van der Waals surface area contributed by atoms with Gasteiger partial charge in [-0.05, 0) is 60.2 Å². The van der Waals surface area contributed by atoms with E-state index in [9.17, 15) is 24.8 Å². The molecular formula is C24H19ClN2O5S. The zero-order chi connectivity index (χ0) is 23.7. The van der Waals surface area contributed by atoms with Crippen molar-refractivity contribution in [3.05, 3.63) is 102 Å². The summed E-state index contributed by atoms with van der Waals surface area (Å²) in [6, 6.07) is 13.6. The number of amides is 1. The van der Waals surface area contributed by atoms with Gasteiger partial charge in [-0.2, -0.15) is 0 Å². The van der Waals surface area contributed by atoms with Crippen molar-refractivity contribution in [2.75, 3.05) is 6.54 Å². The first-order valence-electron chi connectivity index (χ1n) is 10.1. The van der Waals surface area contributed by atoms with E-state index in [-0.39, 0.29) is 29.1 Å². The number of thiophene rings is 1. The van der Waals surface area contributed by atoms with Gasteiger partial charge in [-0.3, -0.25) is 19.7 Å². The van der Waals surface area contributed by atoms with Gasteiger partial charge in [-0.1, -0.05) is 23.7 Å². The minimum absolute atomic E-state index is 0.0180. The molecule has 168 valence electrons. The molecule has 0 radical (unpaired) electrons. The highest BCUT2D eigenvalue weighted by molar-refractivity contribution is 7.10. The normalized spacial score (nSPS) is 17.5. The van der Waals surface area contributed by atoms with Crippen LogP contribution < -0.4 is 0 Å².